The van der Waals surface area contributed by atoms with E-state index in [0.29, 0.717) is 5.92 Å². The molecule has 0 saturated carbocycles. The molecule has 3 heterocycles. The number of rotatable bonds is 3. The second kappa shape index (κ2) is 4.81. The summed E-state index contributed by atoms with van der Waals surface area (Å²) in [6, 6.07) is 2.06. The van der Waals surface area contributed by atoms with Crippen molar-refractivity contribution in [2.24, 2.45) is 13.0 Å². The molecule has 1 aliphatic heterocycles. The monoisotopic (exact) mass is 259 g/mol. The Morgan fingerprint density at radius 1 is 1.42 bits per heavy atom. The third-order valence-corrected chi connectivity index (χ3v) is 3.48. The highest BCUT2D eigenvalue weighted by molar-refractivity contribution is 5.32. The van der Waals surface area contributed by atoms with Crippen molar-refractivity contribution in [2.45, 2.75) is 33.2 Å². The molecule has 102 valence electrons. The molecular formula is C14H21N5. The van der Waals surface area contributed by atoms with Crippen molar-refractivity contribution in [3.05, 3.63) is 29.5 Å². The van der Waals surface area contributed by atoms with E-state index in [-0.39, 0.29) is 0 Å². The molecule has 0 aliphatic carbocycles. The minimum atomic E-state index is 0.597. The minimum Gasteiger partial charge on any atom is -0.311 e. The topological polar surface area (TPSA) is 47.7 Å². The van der Waals surface area contributed by atoms with Gasteiger partial charge in [-0.15, -0.1) is 0 Å². The van der Waals surface area contributed by atoms with Crippen molar-refractivity contribution in [1.29, 1.82) is 0 Å². The number of fused-ring (bicyclic) bond motifs is 1. The van der Waals surface area contributed by atoms with E-state index < -0.39 is 0 Å². The maximum atomic E-state index is 4.83. The van der Waals surface area contributed by atoms with Crippen LogP contribution in [0.3, 0.4) is 0 Å². The largest absolute Gasteiger partial charge is 0.311 e. The zero-order chi connectivity index (χ0) is 13.4. The lowest BCUT2D eigenvalue weighted by Gasteiger charge is -2.15. The minimum absolute atomic E-state index is 0.597. The Kier molecular flexibility index (Phi) is 3.14. The number of aromatic nitrogens is 4. The van der Waals surface area contributed by atoms with Gasteiger partial charge in [0.15, 0.2) is 5.82 Å². The summed E-state index contributed by atoms with van der Waals surface area (Å²) in [6.45, 7) is 6.36. The summed E-state index contributed by atoms with van der Waals surface area (Å²) >= 11 is 0. The molecule has 0 saturated heterocycles. The molecule has 0 fully saturated rings. The van der Waals surface area contributed by atoms with Crippen LogP contribution in [0.15, 0.2) is 12.3 Å². The van der Waals surface area contributed by atoms with E-state index in [2.05, 4.69) is 34.9 Å². The Bertz CT molecular complexity index is 579. The molecule has 19 heavy (non-hydrogen) atoms. The molecule has 0 aromatic carbocycles. The molecule has 5 heteroatoms. The Morgan fingerprint density at radius 2 is 2.26 bits per heavy atom. The molecule has 1 N–H and O–H groups in total. The highest BCUT2D eigenvalue weighted by Gasteiger charge is 2.22. The number of hydrogen-bond donors (Lipinski definition) is 1. The highest BCUT2D eigenvalue weighted by atomic mass is 15.3. The summed E-state index contributed by atoms with van der Waals surface area (Å²) in [5, 5.41) is 7.94. The van der Waals surface area contributed by atoms with Gasteiger partial charge in [0.05, 0.1) is 11.4 Å². The van der Waals surface area contributed by atoms with Crippen LogP contribution in [0.2, 0.25) is 0 Å². The standard InChI is InChI=1S/C14H21N5/c1-10(2)8-14-16-11-9-15-6-4-12(11)19(14)13-5-7-18(3)17-13/h5,7,10,15H,4,6,8-9H2,1-3H3. The van der Waals surface area contributed by atoms with Crippen LogP contribution in [-0.4, -0.2) is 25.9 Å². The summed E-state index contributed by atoms with van der Waals surface area (Å²) in [4.78, 5) is 4.83. The van der Waals surface area contributed by atoms with Crippen molar-refractivity contribution in [3.8, 4) is 5.82 Å². The summed E-state index contributed by atoms with van der Waals surface area (Å²) < 4.78 is 4.11. The third kappa shape index (κ3) is 2.30. The molecule has 5 nitrogen and oxygen atoms in total. The van der Waals surface area contributed by atoms with Gasteiger partial charge in [-0.05, 0) is 5.92 Å². The first-order valence-electron chi connectivity index (χ1n) is 6.95. The van der Waals surface area contributed by atoms with Crippen molar-refractivity contribution < 1.29 is 0 Å². The first-order valence-corrected chi connectivity index (χ1v) is 6.95. The average Bonchev–Trinajstić information content (AvgIpc) is 2.91. The van der Waals surface area contributed by atoms with Crippen LogP contribution in [0.25, 0.3) is 5.82 Å². The molecule has 0 bridgehead atoms. The maximum Gasteiger partial charge on any atom is 0.160 e. The Labute approximate surface area is 113 Å². The van der Waals surface area contributed by atoms with E-state index in [1.807, 2.05) is 17.9 Å². The summed E-state index contributed by atoms with van der Waals surface area (Å²) in [5.41, 5.74) is 2.51. The smallest absolute Gasteiger partial charge is 0.160 e. The predicted molar refractivity (Wildman–Crippen MR) is 74.3 cm³/mol. The quantitative estimate of drug-likeness (QED) is 0.907. The molecule has 1 aliphatic rings. The molecule has 0 radical (unpaired) electrons. The van der Waals surface area contributed by atoms with Gasteiger partial charge < -0.3 is 5.32 Å². The molecule has 0 amide bonds. The Balaban J connectivity index is 2.11. The van der Waals surface area contributed by atoms with Crippen molar-refractivity contribution >= 4 is 0 Å². The zero-order valence-electron chi connectivity index (χ0n) is 11.8. The fourth-order valence-corrected chi connectivity index (χ4v) is 2.66. The zero-order valence-corrected chi connectivity index (χ0v) is 11.8. The lowest BCUT2D eigenvalue weighted by molar-refractivity contribution is 0.602. The number of nitrogens with one attached hydrogen (secondary N) is 1. The van der Waals surface area contributed by atoms with Crippen LogP contribution in [0.5, 0.6) is 0 Å². The second-order valence-corrected chi connectivity index (χ2v) is 5.63. The second-order valence-electron chi connectivity index (χ2n) is 5.63. The van der Waals surface area contributed by atoms with Crippen LogP contribution in [0.4, 0.5) is 0 Å². The molecule has 2 aromatic heterocycles. The molecule has 0 atom stereocenters. The molecule has 0 unspecified atom stereocenters. The molecular weight excluding hydrogens is 238 g/mol. The van der Waals surface area contributed by atoms with Crippen molar-refractivity contribution in [2.75, 3.05) is 6.54 Å². The molecule has 2 aromatic rings. The Morgan fingerprint density at radius 3 is 2.95 bits per heavy atom. The number of imidazole rings is 1. The van der Waals surface area contributed by atoms with Crippen LogP contribution in [0.1, 0.15) is 31.1 Å². The first-order chi connectivity index (χ1) is 9.15. The fourth-order valence-electron chi connectivity index (χ4n) is 2.66. The van der Waals surface area contributed by atoms with Gasteiger partial charge in [-0.2, -0.15) is 5.10 Å². The van der Waals surface area contributed by atoms with Crippen LogP contribution in [-0.2, 0) is 26.4 Å². The van der Waals surface area contributed by atoms with E-state index in [4.69, 9.17) is 4.98 Å². The van der Waals surface area contributed by atoms with Crippen LogP contribution < -0.4 is 5.32 Å². The maximum absolute atomic E-state index is 4.83. The summed E-state index contributed by atoms with van der Waals surface area (Å²) in [6.07, 6.45) is 4.00. The van der Waals surface area contributed by atoms with Gasteiger partial charge in [0.25, 0.3) is 0 Å². The van der Waals surface area contributed by atoms with E-state index in [0.717, 1.165) is 37.6 Å². The molecule has 3 rings (SSSR count). The number of aryl methyl sites for hydroxylation is 1. The van der Waals surface area contributed by atoms with Gasteiger partial charge in [0.1, 0.15) is 5.82 Å². The van der Waals surface area contributed by atoms with Gasteiger partial charge in [-0.25, -0.2) is 4.98 Å². The van der Waals surface area contributed by atoms with Crippen molar-refractivity contribution in [1.82, 2.24) is 24.6 Å². The van der Waals surface area contributed by atoms with E-state index in [1.165, 1.54) is 11.4 Å². The van der Waals surface area contributed by atoms with Gasteiger partial charge in [0.2, 0.25) is 0 Å². The highest BCUT2D eigenvalue weighted by Crippen LogP contribution is 2.22. The van der Waals surface area contributed by atoms with E-state index in [1.54, 1.807) is 0 Å². The summed E-state index contributed by atoms with van der Waals surface area (Å²) in [7, 11) is 1.95. The van der Waals surface area contributed by atoms with Crippen LogP contribution >= 0.6 is 0 Å². The van der Waals surface area contributed by atoms with Gasteiger partial charge >= 0.3 is 0 Å². The van der Waals surface area contributed by atoms with Gasteiger partial charge in [0, 0.05) is 45.2 Å². The SMILES string of the molecule is CC(C)Cc1nc2c(n1-c1ccn(C)n1)CCNC2. The lowest BCUT2D eigenvalue weighted by Crippen LogP contribution is -2.24. The van der Waals surface area contributed by atoms with E-state index in [9.17, 15) is 0 Å². The average molecular weight is 259 g/mol. The van der Waals surface area contributed by atoms with Crippen LogP contribution in [0, 0.1) is 5.92 Å². The van der Waals surface area contributed by atoms with Gasteiger partial charge in [-0.1, -0.05) is 13.8 Å². The summed E-state index contributed by atoms with van der Waals surface area (Å²) in [5.74, 6) is 2.73. The Hall–Kier alpha value is -1.62. The van der Waals surface area contributed by atoms with Gasteiger partial charge in [-0.3, -0.25) is 9.25 Å². The first kappa shape index (κ1) is 12.4. The number of nitrogens with zero attached hydrogens (tertiary/aromatic N) is 4. The fraction of sp³-hybridized carbons (Fsp3) is 0.571. The lowest BCUT2D eigenvalue weighted by atomic mass is 10.1. The number of hydrogen-bond acceptors (Lipinski definition) is 3. The van der Waals surface area contributed by atoms with E-state index >= 15 is 0 Å². The normalized spacial score (nSPS) is 14.9. The predicted octanol–water partition coefficient (Wildman–Crippen LogP) is 1.45. The molecule has 0 spiro atoms. The van der Waals surface area contributed by atoms with Crippen molar-refractivity contribution in [3.63, 3.8) is 0 Å². The third-order valence-electron chi connectivity index (χ3n) is 3.48.